The number of amides is 2. The zero-order valence-corrected chi connectivity index (χ0v) is 21.1. The molecule has 3 rings (SSSR count). The first-order valence-electron chi connectivity index (χ1n) is 12.1. The molecular weight excluding hydrogens is 460 g/mol. The van der Waals surface area contributed by atoms with Crippen LogP contribution >= 0.6 is 11.6 Å². The van der Waals surface area contributed by atoms with Crippen LogP contribution in [0.15, 0.2) is 78.9 Å². The number of nitrogens with zero attached hydrogens (tertiary/aromatic N) is 1. The lowest BCUT2D eigenvalue weighted by atomic mass is 10.0. The van der Waals surface area contributed by atoms with Gasteiger partial charge in [0.05, 0.1) is 0 Å². The van der Waals surface area contributed by atoms with E-state index < -0.39 is 6.04 Å². The second-order valence-electron chi connectivity index (χ2n) is 8.43. The Bertz CT molecular complexity index is 1070. The Morgan fingerprint density at radius 3 is 2.17 bits per heavy atom. The minimum atomic E-state index is -0.682. The van der Waals surface area contributed by atoms with Crippen molar-refractivity contribution in [1.29, 1.82) is 0 Å². The first-order chi connectivity index (χ1) is 17.0. The van der Waals surface area contributed by atoms with E-state index in [4.69, 9.17) is 16.3 Å². The van der Waals surface area contributed by atoms with Crippen LogP contribution in [0.1, 0.15) is 37.0 Å². The van der Waals surface area contributed by atoms with E-state index in [9.17, 15) is 9.59 Å². The molecule has 0 aliphatic rings. The Hall–Kier alpha value is -3.31. The summed E-state index contributed by atoms with van der Waals surface area (Å²) in [7, 11) is 0. The van der Waals surface area contributed by atoms with E-state index in [0.29, 0.717) is 23.7 Å². The number of halogens is 1. The topological polar surface area (TPSA) is 58.6 Å². The maximum atomic E-state index is 13.5. The van der Waals surface area contributed by atoms with Gasteiger partial charge in [-0.1, -0.05) is 80.0 Å². The van der Waals surface area contributed by atoms with E-state index >= 15 is 0 Å². The predicted octanol–water partition coefficient (Wildman–Crippen LogP) is 5.45. The van der Waals surface area contributed by atoms with Crippen molar-refractivity contribution in [2.45, 2.75) is 45.7 Å². The van der Waals surface area contributed by atoms with Gasteiger partial charge in [0, 0.05) is 24.5 Å². The Kier molecular flexibility index (Phi) is 10.2. The molecule has 0 radical (unpaired) electrons. The van der Waals surface area contributed by atoms with Gasteiger partial charge in [-0.05, 0) is 53.8 Å². The van der Waals surface area contributed by atoms with Crippen LogP contribution in [0.2, 0.25) is 5.02 Å². The van der Waals surface area contributed by atoms with Crippen molar-refractivity contribution < 1.29 is 14.3 Å². The zero-order valence-electron chi connectivity index (χ0n) is 20.4. The number of carbonyl (C=O) groups excluding carboxylic acids is 2. The van der Waals surface area contributed by atoms with E-state index in [2.05, 4.69) is 12.2 Å². The summed E-state index contributed by atoms with van der Waals surface area (Å²) < 4.78 is 5.82. The quantitative estimate of drug-likeness (QED) is 0.366. The van der Waals surface area contributed by atoms with Gasteiger partial charge < -0.3 is 15.0 Å². The molecule has 184 valence electrons. The van der Waals surface area contributed by atoms with Crippen LogP contribution < -0.4 is 10.1 Å². The number of rotatable bonds is 12. The van der Waals surface area contributed by atoms with E-state index in [1.165, 1.54) is 5.56 Å². The maximum Gasteiger partial charge on any atom is 0.261 e. The van der Waals surface area contributed by atoms with Crippen molar-refractivity contribution in [3.8, 4) is 5.75 Å². The van der Waals surface area contributed by atoms with Crippen molar-refractivity contribution in [1.82, 2.24) is 10.2 Å². The normalized spacial score (nSPS) is 11.5. The van der Waals surface area contributed by atoms with Crippen LogP contribution in [0.25, 0.3) is 0 Å². The fourth-order valence-corrected chi connectivity index (χ4v) is 3.88. The van der Waals surface area contributed by atoms with E-state index in [1.54, 1.807) is 17.0 Å². The number of benzene rings is 3. The molecule has 1 N–H and O–H groups in total. The van der Waals surface area contributed by atoms with Crippen molar-refractivity contribution in [2.75, 3.05) is 13.2 Å². The number of hydrogen-bond acceptors (Lipinski definition) is 3. The molecule has 3 aromatic rings. The molecule has 0 fully saturated rings. The van der Waals surface area contributed by atoms with Crippen LogP contribution in [0, 0.1) is 0 Å². The van der Waals surface area contributed by atoms with Gasteiger partial charge in [-0.2, -0.15) is 0 Å². The van der Waals surface area contributed by atoms with Crippen molar-refractivity contribution >= 4 is 23.4 Å². The van der Waals surface area contributed by atoms with Crippen LogP contribution in [-0.4, -0.2) is 35.9 Å². The molecule has 6 heteroatoms. The summed E-state index contributed by atoms with van der Waals surface area (Å²) in [5.41, 5.74) is 3.06. The molecule has 0 spiro atoms. The first-order valence-corrected chi connectivity index (χ1v) is 12.4. The Morgan fingerprint density at radius 1 is 0.886 bits per heavy atom. The summed E-state index contributed by atoms with van der Waals surface area (Å²) in [5.74, 6) is 0.189. The summed E-state index contributed by atoms with van der Waals surface area (Å²) in [4.78, 5) is 28.4. The third-order valence-electron chi connectivity index (χ3n) is 5.78. The largest absolute Gasteiger partial charge is 0.484 e. The van der Waals surface area contributed by atoms with Crippen LogP contribution in [-0.2, 0) is 29.0 Å². The molecule has 1 atom stereocenters. The highest BCUT2D eigenvalue weighted by Crippen LogP contribution is 2.18. The fourth-order valence-electron chi connectivity index (χ4n) is 3.76. The lowest BCUT2D eigenvalue weighted by Gasteiger charge is -2.31. The smallest absolute Gasteiger partial charge is 0.261 e. The van der Waals surface area contributed by atoms with Gasteiger partial charge in [0.1, 0.15) is 11.8 Å². The Labute approximate surface area is 213 Å². The molecule has 0 saturated heterocycles. The van der Waals surface area contributed by atoms with E-state index in [1.807, 2.05) is 73.7 Å². The van der Waals surface area contributed by atoms with Crippen molar-refractivity contribution in [3.63, 3.8) is 0 Å². The molecule has 0 aliphatic carbocycles. The van der Waals surface area contributed by atoms with Gasteiger partial charge in [0.25, 0.3) is 5.91 Å². The highest BCUT2D eigenvalue weighted by molar-refractivity contribution is 6.30. The van der Waals surface area contributed by atoms with Gasteiger partial charge in [-0.15, -0.1) is 0 Å². The third-order valence-corrected chi connectivity index (χ3v) is 6.03. The molecule has 0 heterocycles. The predicted molar refractivity (Wildman–Crippen MR) is 141 cm³/mol. The number of aryl methyl sites for hydroxylation is 1. The number of nitrogens with one attached hydrogen (secondary N) is 1. The van der Waals surface area contributed by atoms with Gasteiger partial charge >= 0.3 is 0 Å². The number of hydrogen-bond donors (Lipinski definition) is 1. The molecule has 0 bridgehead atoms. The zero-order chi connectivity index (χ0) is 25.0. The highest BCUT2D eigenvalue weighted by atomic mass is 35.5. The molecule has 0 saturated carbocycles. The van der Waals surface area contributed by atoms with Crippen LogP contribution in [0.4, 0.5) is 0 Å². The Balaban J connectivity index is 1.86. The number of ether oxygens (including phenoxy) is 1. The van der Waals surface area contributed by atoms with Crippen molar-refractivity contribution in [3.05, 3.63) is 101 Å². The molecule has 5 nitrogen and oxygen atoms in total. The maximum absolute atomic E-state index is 13.5. The van der Waals surface area contributed by atoms with Crippen LogP contribution in [0.5, 0.6) is 5.75 Å². The second-order valence-corrected chi connectivity index (χ2v) is 8.87. The third kappa shape index (κ3) is 8.15. The standard InChI is InChI=1S/C29H33ClN2O3/c1-3-18-31-29(34)27(19-23-8-6-5-7-9-23)32(20-24-10-14-25(30)15-11-24)28(33)21-35-26-16-12-22(4-2)13-17-26/h5-17,27H,3-4,18-21H2,1-2H3,(H,31,34)/t27-/m0/s1. The van der Waals surface area contributed by atoms with Crippen LogP contribution in [0.3, 0.4) is 0 Å². The molecule has 0 unspecified atom stereocenters. The van der Waals surface area contributed by atoms with Crippen molar-refractivity contribution in [2.24, 2.45) is 0 Å². The molecule has 0 aliphatic heterocycles. The summed E-state index contributed by atoms with van der Waals surface area (Å²) in [6, 6.07) is 24.1. The molecule has 2 amide bonds. The molecule has 3 aromatic carbocycles. The minimum absolute atomic E-state index is 0.161. The fraction of sp³-hybridized carbons (Fsp3) is 0.310. The first kappa shape index (κ1) is 26.3. The van der Waals surface area contributed by atoms with E-state index in [0.717, 1.165) is 24.0 Å². The lowest BCUT2D eigenvalue weighted by molar-refractivity contribution is -0.142. The lowest BCUT2D eigenvalue weighted by Crippen LogP contribution is -2.51. The molecule has 35 heavy (non-hydrogen) atoms. The van der Waals surface area contributed by atoms with Gasteiger partial charge in [0.2, 0.25) is 5.91 Å². The Morgan fingerprint density at radius 2 is 1.54 bits per heavy atom. The molecule has 0 aromatic heterocycles. The monoisotopic (exact) mass is 492 g/mol. The summed E-state index contributed by atoms with van der Waals surface area (Å²) in [6.45, 7) is 4.75. The van der Waals surface area contributed by atoms with Gasteiger partial charge in [-0.25, -0.2) is 0 Å². The summed E-state index contributed by atoms with van der Waals surface area (Å²) in [6.07, 6.45) is 2.15. The summed E-state index contributed by atoms with van der Waals surface area (Å²) in [5, 5.41) is 3.59. The number of carbonyl (C=O) groups is 2. The van der Waals surface area contributed by atoms with Gasteiger partial charge in [-0.3, -0.25) is 9.59 Å². The summed E-state index contributed by atoms with van der Waals surface area (Å²) >= 11 is 6.06. The average molecular weight is 493 g/mol. The minimum Gasteiger partial charge on any atom is -0.484 e. The second kappa shape index (κ2) is 13.5. The SMILES string of the molecule is CCCNC(=O)[C@H](Cc1ccccc1)N(Cc1ccc(Cl)cc1)C(=O)COc1ccc(CC)cc1. The van der Waals surface area contributed by atoms with Gasteiger partial charge in [0.15, 0.2) is 6.61 Å². The molecular formula is C29H33ClN2O3. The highest BCUT2D eigenvalue weighted by Gasteiger charge is 2.30. The average Bonchev–Trinajstić information content (AvgIpc) is 2.89. The van der Waals surface area contributed by atoms with E-state index in [-0.39, 0.29) is 25.0 Å².